The predicted octanol–water partition coefficient (Wildman–Crippen LogP) is 4.13. The third-order valence-corrected chi connectivity index (χ3v) is 3.33. The maximum absolute atomic E-state index is 13.9. The number of aliphatic hydroxyl groups is 1. The van der Waals surface area contributed by atoms with E-state index in [-0.39, 0.29) is 27.9 Å². The number of rotatable bonds is 3. The molecule has 0 unspecified atom stereocenters. The van der Waals surface area contributed by atoms with Crippen LogP contribution in [0.5, 0.6) is 0 Å². The number of benzene rings is 1. The summed E-state index contributed by atoms with van der Waals surface area (Å²) in [6.07, 6.45) is 0.752. The van der Waals surface area contributed by atoms with Gasteiger partial charge in [-0.15, -0.1) is 0 Å². The lowest BCUT2D eigenvalue weighted by Crippen LogP contribution is -2.01. The zero-order chi connectivity index (χ0) is 15.6. The van der Waals surface area contributed by atoms with E-state index in [0.717, 1.165) is 18.3 Å². The Morgan fingerprint density at radius 1 is 1.10 bits per heavy atom. The minimum atomic E-state index is -4.41. The van der Waals surface area contributed by atoms with Crippen LogP contribution in [0.3, 0.4) is 0 Å². The summed E-state index contributed by atoms with van der Waals surface area (Å²) in [5, 5.41) is 8.91. The van der Waals surface area contributed by atoms with Crippen LogP contribution in [-0.4, -0.2) is 15.6 Å². The van der Waals surface area contributed by atoms with Gasteiger partial charge in [-0.2, -0.15) is 13.2 Å². The van der Waals surface area contributed by atoms with Gasteiger partial charge < -0.3 is 5.11 Å². The van der Waals surface area contributed by atoms with Crippen molar-refractivity contribution in [3.63, 3.8) is 0 Å². The number of thioether (sulfide) groups is 1. The van der Waals surface area contributed by atoms with Crippen LogP contribution in [0.25, 0.3) is 11.3 Å². The predicted molar refractivity (Wildman–Crippen MR) is 67.4 cm³/mol. The Labute approximate surface area is 120 Å². The summed E-state index contributed by atoms with van der Waals surface area (Å²) in [7, 11) is 0. The fourth-order valence-electron chi connectivity index (χ4n) is 1.66. The van der Waals surface area contributed by atoms with Crippen molar-refractivity contribution in [1.82, 2.24) is 4.98 Å². The molecule has 2 aromatic rings. The molecule has 0 amide bonds. The van der Waals surface area contributed by atoms with Gasteiger partial charge in [-0.3, -0.25) is 4.98 Å². The molecule has 0 radical (unpaired) electrons. The van der Waals surface area contributed by atoms with Crippen molar-refractivity contribution in [1.29, 1.82) is 0 Å². The highest BCUT2D eigenvalue weighted by molar-refractivity contribution is 8.00. The van der Waals surface area contributed by atoms with E-state index in [0.29, 0.717) is 0 Å². The first-order valence-corrected chi connectivity index (χ1v) is 6.43. The van der Waals surface area contributed by atoms with Gasteiger partial charge in [0, 0.05) is 10.5 Å². The van der Waals surface area contributed by atoms with Crippen molar-refractivity contribution in [3.05, 3.63) is 47.7 Å². The van der Waals surface area contributed by atoms with E-state index in [9.17, 15) is 22.0 Å². The maximum Gasteiger partial charge on any atom is 0.446 e. The molecule has 0 aliphatic heterocycles. The highest BCUT2D eigenvalue weighted by atomic mass is 32.2. The number of aromatic nitrogens is 1. The number of aliphatic hydroxyl groups excluding tert-OH is 1. The van der Waals surface area contributed by atoms with Crippen LogP contribution in [-0.2, 0) is 6.61 Å². The van der Waals surface area contributed by atoms with Crippen LogP contribution in [0, 0.1) is 11.6 Å². The monoisotopic (exact) mass is 321 g/mol. The lowest BCUT2D eigenvalue weighted by Gasteiger charge is -2.09. The van der Waals surface area contributed by atoms with E-state index >= 15 is 0 Å². The highest BCUT2D eigenvalue weighted by Crippen LogP contribution is 2.37. The van der Waals surface area contributed by atoms with E-state index in [1.165, 1.54) is 12.1 Å². The molecule has 0 aliphatic carbocycles. The van der Waals surface area contributed by atoms with E-state index in [4.69, 9.17) is 5.11 Å². The average Bonchev–Trinajstić information content (AvgIpc) is 2.39. The topological polar surface area (TPSA) is 33.1 Å². The first-order chi connectivity index (χ1) is 9.81. The second-order valence-corrected chi connectivity index (χ2v) is 5.12. The molecule has 1 aromatic carbocycles. The lowest BCUT2D eigenvalue weighted by atomic mass is 10.1. The molecule has 8 heteroatoms. The maximum atomic E-state index is 13.9. The van der Waals surface area contributed by atoms with Gasteiger partial charge in [0.2, 0.25) is 0 Å². The lowest BCUT2D eigenvalue weighted by molar-refractivity contribution is -0.0328. The molecule has 0 saturated carbocycles. The molecule has 1 aromatic heterocycles. The van der Waals surface area contributed by atoms with Gasteiger partial charge in [0.1, 0.15) is 11.5 Å². The fourth-order valence-corrected chi connectivity index (χ4v) is 2.20. The first-order valence-electron chi connectivity index (χ1n) is 5.61. The first kappa shape index (κ1) is 15.7. The number of alkyl halides is 3. The minimum absolute atomic E-state index is 0.0591. The number of hydrogen-bond donors (Lipinski definition) is 1. The Balaban J connectivity index is 2.35. The highest BCUT2D eigenvalue weighted by Gasteiger charge is 2.29. The summed E-state index contributed by atoms with van der Waals surface area (Å²) in [4.78, 5) is 3.51. The molecule has 0 saturated heterocycles. The third kappa shape index (κ3) is 3.70. The molecular weight excluding hydrogens is 313 g/mol. The van der Waals surface area contributed by atoms with Crippen molar-refractivity contribution in [2.45, 2.75) is 17.0 Å². The van der Waals surface area contributed by atoms with E-state index in [1.54, 1.807) is 0 Å². The molecule has 0 spiro atoms. The van der Waals surface area contributed by atoms with Crippen LogP contribution >= 0.6 is 11.8 Å². The molecule has 0 atom stereocenters. The molecule has 2 nitrogen and oxygen atoms in total. The summed E-state index contributed by atoms with van der Waals surface area (Å²) >= 11 is -0.295. The number of halogens is 5. The summed E-state index contributed by atoms with van der Waals surface area (Å²) < 4.78 is 63.7. The Hall–Kier alpha value is -1.67. The van der Waals surface area contributed by atoms with Gasteiger partial charge in [-0.1, -0.05) is 12.1 Å². The van der Waals surface area contributed by atoms with Gasteiger partial charge in [-0.25, -0.2) is 8.78 Å². The number of hydrogen-bond acceptors (Lipinski definition) is 3. The van der Waals surface area contributed by atoms with Crippen LogP contribution in [0.2, 0.25) is 0 Å². The summed E-state index contributed by atoms with van der Waals surface area (Å²) in [6.45, 7) is -0.838. The summed E-state index contributed by atoms with van der Waals surface area (Å²) in [5.74, 6) is -2.02. The molecule has 1 heterocycles. The van der Waals surface area contributed by atoms with Crippen LogP contribution in [0.4, 0.5) is 22.0 Å². The van der Waals surface area contributed by atoms with Gasteiger partial charge >= 0.3 is 5.51 Å². The molecule has 0 bridgehead atoms. The molecule has 112 valence electrons. The molecule has 0 aliphatic rings. The molecule has 2 rings (SSSR count). The second-order valence-electron chi connectivity index (χ2n) is 3.98. The number of nitrogens with zero attached hydrogens (tertiary/aromatic N) is 1. The van der Waals surface area contributed by atoms with Gasteiger partial charge in [0.25, 0.3) is 0 Å². The Bertz CT molecular complexity index is 642. The van der Waals surface area contributed by atoms with Gasteiger partial charge in [-0.05, 0) is 23.9 Å². The largest absolute Gasteiger partial charge is 0.446 e. The Kier molecular flexibility index (Phi) is 4.48. The van der Waals surface area contributed by atoms with Crippen molar-refractivity contribution in [2.24, 2.45) is 0 Å². The van der Waals surface area contributed by atoms with Gasteiger partial charge in [0.15, 0.2) is 5.82 Å². The molecule has 1 N–H and O–H groups in total. The fraction of sp³-hybridized carbons (Fsp3) is 0.154. The molecular formula is C13H8F5NOS. The summed E-state index contributed by atoms with van der Waals surface area (Å²) in [5.41, 5.74) is -4.99. The van der Waals surface area contributed by atoms with Crippen molar-refractivity contribution in [2.75, 3.05) is 0 Å². The normalized spacial score (nSPS) is 11.7. The number of pyridine rings is 1. The average molecular weight is 321 g/mol. The smallest absolute Gasteiger partial charge is 0.391 e. The van der Waals surface area contributed by atoms with Gasteiger partial charge in [0.05, 0.1) is 18.4 Å². The van der Waals surface area contributed by atoms with Crippen LogP contribution in [0.15, 0.2) is 35.4 Å². The van der Waals surface area contributed by atoms with E-state index in [2.05, 4.69) is 4.98 Å². The van der Waals surface area contributed by atoms with Crippen molar-refractivity contribution < 1.29 is 27.1 Å². The van der Waals surface area contributed by atoms with Crippen molar-refractivity contribution in [3.8, 4) is 11.3 Å². The van der Waals surface area contributed by atoms with Crippen LogP contribution < -0.4 is 0 Å². The standard InChI is InChI=1S/C13H8F5NOS/c14-10-5-19-12(11(15)9(10)6-20)7-1-3-8(4-2-7)21-13(16,17)18/h1-5,20H,6H2. The van der Waals surface area contributed by atoms with Crippen LogP contribution in [0.1, 0.15) is 5.56 Å². The zero-order valence-corrected chi connectivity index (χ0v) is 11.1. The molecule has 0 fully saturated rings. The van der Waals surface area contributed by atoms with Crippen molar-refractivity contribution >= 4 is 11.8 Å². The van der Waals surface area contributed by atoms with E-state index < -0.39 is 29.3 Å². The Morgan fingerprint density at radius 2 is 1.71 bits per heavy atom. The molecule has 21 heavy (non-hydrogen) atoms. The third-order valence-electron chi connectivity index (χ3n) is 2.59. The Morgan fingerprint density at radius 3 is 2.24 bits per heavy atom. The zero-order valence-electron chi connectivity index (χ0n) is 10.3. The van der Waals surface area contributed by atoms with E-state index in [1.807, 2.05) is 0 Å². The second kappa shape index (κ2) is 5.98. The minimum Gasteiger partial charge on any atom is -0.391 e. The summed E-state index contributed by atoms with van der Waals surface area (Å²) in [6, 6.07) is 4.82. The quantitative estimate of drug-likeness (QED) is 0.681. The SMILES string of the molecule is OCc1c(F)cnc(-c2ccc(SC(F)(F)F)cc2)c1F.